The first-order valence-corrected chi connectivity index (χ1v) is 4.55. The molecule has 0 aliphatic carbocycles. The highest BCUT2D eigenvalue weighted by atomic mass is 16.5. The predicted molar refractivity (Wildman–Crippen MR) is 52.4 cm³/mol. The predicted octanol–water partition coefficient (Wildman–Crippen LogP) is 1.03. The van der Waals surface area contributed by atoms with E-state index in [0.29, 0.717) is 6.42 Å². The van der Waals surface area contributed by atoms with Crippen molar-refractivity contribution in [1.82, 2.24) is 4.98 Å². The highest BCUT2D eigenvalue weighted by Gasteiger charge is 2.08. The summed E-state index contributed by atoms with van der Waals surface area (Å²) in [6.45, 7) is 1.95. The SMILES string of the molecule is CCC(=O)OCC(N)c1cccnc1. The molecule has 1 aromatic rings. The molecule has 0 amide bonds. The average molecular weight is 194 g/mol. The van der Waals surface area contributed by atoms with Crippen molar-refractivity contribution in [3.63, 3.8) is 0 Å². The Hall–Kier alpha value is -1.42. The maximum absolute atomic E-state index is 10.9. The van der Waals surface area contributed by atoms with Gasteiger partial charge in [-0.2, -0.15) is 0 Å². The van der Waals surface area contributed by atoms with Gasteiger partial charge in [0.25, 0.3) is 0 Å². The van der Waals surface area contributed by atoms with E-state index in [-0.39, 0.29) is 18.6 Å². The summed E-state index contributed by atoms with van der Waals surface area (Å²) >= 11 is 0. The molecule has 2 N–H and O–H groups in total. The van der Waals surface area contributed by atoms with E-state index in [9.17, 15) is 4.79 Å². The Balaban J connectivity index is 2.43. The van der Waals surface area contributed by atoms with Crippen LogP contribution >= 0.6 is 0 Å². The third kappa shape index (κ3) is 3.14. The zero-order valence-corrected chi connectivity index (χ0v) is 8.14. The van der Waals surface area contributed by atoms with E-state index in [1.54, 1.807) is 25.4 Å². The molecule has 0 saturated heterocycles. The van der Waals surface area contributed by atoms with Crippen molar-refractivity contribution in [2.24, 2.45) is 5.73 Å². The smallest absolute Gasteiger partial charge is 0.305 e. The zero-order chi connectivity index (χ0) is 10.4. The van der Waals surface area contributed by atoms with E-state index in [2.05, 4.69) is 4.98 Å². The van der Waals surface area contributed by atoms with Gasteiger partial charge in [-0.05, 0) is 11.6 Å². The number of esters is 1. The fraction of sp³-hybridized carbons (Fsp3) is 0.400. The minimum Gasteiger partial charge on any atom is -0.464 e. The fourth-order valence-corrected chi connectivity index (χ4v) is 0.976. The van der Waals surface area contributed by atoms with Gasteiger partial charge < -0.3 is 10.5 Å². The lowest BCUT2D eigenvalue weighted by atomic mass is 10.1. The van der Waals surface area contributed by atoms with E-state index < -0.39 is 0 Å². The van der Waals surface area contributed by atoms with Crippen molar-refractivity contribution < 1.29 is 9.53 Å². The quantitative estimate of drug-likeness (QED) is 0.727. The molecule has 0 spiro atoms. The van der Waals surface area contributed by atoms with Gasteiger partial charge in [-0.3, -0.25) is 9.78 Å². The van der Waals surface area contributed by atoms with Crippen LogP contribution in [0.3, 0.4) is 0 Å². The Morgan fingerprint density at radius 3 is 3.07 bits per heavy atom. The number of nitrogens with two attached hydrogens (primary N) is 1. The van der Waals surface area contributed by atoms with Gasteiger partial charge in [0.05, 0.1) is 6.04 Å². The molecule has 0 saturated carbocycles. The second kappa shape index (κ2) is 5.34. The molecule has 4 heteroatoms. The summed E-state index contributed by atoms with van der Waals surface area (Å²) in [5.41, 5.74) is 6.65. The molecule has 1 unspecified atom stereocenters. The molecular weight excluding hydrogens is 180 g/mol. The Kier molecular flexibility index (Phi) is 4.07. The molecule has 4 nitrogen and oxygen atoms in total. The average Bonchev–Trinajstić information content (AvgIpc) is 2.26. The molecule has 0 fully saturated rings. The van der Waals surface area contributed by atoms with Gasteiger partial charge in [0.15, 0.2) is 0 Å². The van der Waals surface area contributed by atoms with Crippen molar-refractivity contribution in [2.45, 2.75) is 19.4 Å². The molecule has 1 aromatic heterocycles. The zero-order valence-electron chi connectivity index (χ0n) is 8.14. The summed E-state index contributed by atoms with van der Waals surface area (Å²) in [4.78, 5) is 14.8. The minimum absolute atomic E-state index is 0.207. The van der Waals surface area contributed by atoms with E-state index in [0.717, 1.165) is 5.56 Å². The maximum Gasteiger partial charge on any atom is 0.305 e. The highest BCUT2D eigenvalue weighted by Crippen LogP contribution is 2.08. The van der Waals surface area contributed by atoms with Crippen molar-refractivity contribution in [3.8, 4) is 0 Å². The second-order valence-corrected chi connectivity index (χ2v) is 2.93. The van der Waals surface area contributed by atoms with Crippen molar-refractivity contribution in [1.29, 1.82) is 0 Å². The van der Waals surface area contributed by atoms with Crippen molar-refractivity contribution >= 4 is 5.97 Å². The van der Waals surface area contributed by atoms with Gasteiger partial charge in [-0.15, -0.1) is 0 Å². The first kappa shape index (κ1) is 10.7. The lowest BCUT2D eigenvalue weighted by molar-refractivity contribution is -0.143. The van der Waals surface area contributed by atoms with Gasteiger partial charge in [-0.1, -0.05) is 13.0 Å². The molecule has 0 radical (unpaired) electrons. The molecule has 0 bridgehead atoms. The first-order valence-electron chi connectivity index (χ1n) is 4.55. The molecule has 1 atom stereocenters. The Bertz CT molecular complexity index is 287. The summed E-state index contributed by atoms with van der Waals surface area (Å²) < 4.78 is 4.92. The number of nitrogens with zero attached hydrogens (tertiary/aromatic N) is 1. The van der Waals surface area contributed by atoms with E-state index in [4.69, 9.17) is 10.5 Å². The maximum atomic E-state index is 10.9. The first-order chi connectivity index (χ1) is 6.74. The van der Waals surface area contributed by atoms with Crippen LogP contribution in [0.1, 0.15) is 24.9 Å². The number of hydrogen-bond donors (Lipinski definition) is 1. The van der Waals surface area contributed by atoms with E-state index in [1.807, 2.05) is 6.07 Å². The molecule has 76 valence electrons. The molecular formula is C10H14N2O2. The van der Waals surface area contributed by atoms with Crippen molar-refractivity contribution in [2.75, 3.05) is 6.61 Å². The van der Waals surface area contributed by atoms with Crippen molar-refractivity contribution in [3.05, 3.63) is 30.1 Å². The number of hydrogen-bond acceptors (Lipinski definition) is 4. The van der Waals surface area contributed by atoms with Crippen LogP contribution in [0.4, 0.5) is 0 Å². The molecule has 1 rings (SSSR count). The summed E-state index contributed by atoms with van der Waals surface area (Å²) in [7, 11) is 0. The Morgan fingerprint density at radius 1 is 1.71 bits per heavy atom. The van der Waals surface area contributed by atoms with Crippen LogP contribution in [0.5, 0.6) is 0 Å². The van der Waals surface area contributed by atoms with Crippen LogP contribution in [0, 0.1) is 0 Å². The lowest BCUT2D eigenvalue weighted by Crippen LogP contribution is -2.19. The molecule has 0 aromatic carbocycles. The summed E-state index contributed by atoms with van der Waals surface area (Å²) in [5, 5.41) is 0. The summed E-state index contributed by atoms with van der Waals surface area (Å²) in [6, 6.07) is 3.37. The van der Waals surface area contributed by atoms with Crippen LogP contribution in [-0.4, -0.2) is 17.6 Å². The number of aromatic nitrogens is 1. The number of rotatable bonds is 4. The minimum atomic E-state index is -0.292. The molecule has 1 heterocycles. The normalized spacial score (nSPS) is 12.1. The standard InChI is InChI=1S/C10H14N2O2/c1-2-10(13)14-7-9(11)8-4-3-5-12-6-8/h3-6,9H,2,7,11H2,1H3. The number of carbonyl (C=O) groups excluding carboxylic acids is 1. The van der Waals surface area contributed by atoms with Crippen LogP contribution < -0.4 is 5.73 Å². The largest absolute Gasteiger partial charge is 0.464 e. The van der Waals surface area contributed by atoms with E-state index in [1.165, 1.54) is 0 Å². The Morgan fingerprint density at radius 2 is 2.50 bits per heavy atom. The fourth-order valence-electron chi connectivity index (χ4n) is 0.976. The summed E-state index contributed by atoms with van der Waals surface area (Å²) in [5.74, 6) is -0.232. The van der Waals surface area contributed by atoms with Gasteiger partial charge >= 0.3 is 5.97 Å². The number of pyridine rings is 1. The van der Waals surface area contributed by atoms with Gasteiger partial charge in [0, 0.05) is 18.8 Å². The molecule has 14 heavy (non-hydrogen) atoms. The monoisotopic (exact) mass is 194 g/mol. The van der Waals surface area contributed by atoms with Crippen LogP contribution in [-0.2, 0) is 9.53 Å². The number of carbonyl (C=O) groups is 1. The topological polar surface area (TPSA) is 65.2 Å². The number of ether oxygens (including phenoxy) is 1. The van der Waals surface area contributed by atoms with E-state index >= 15 is 0 Å². The van der Waals surface area contributed by atoms with Gasteiger partial charge in [0.2, 0.25) is 0 Å². The third-order valence-corrected chi connectivity index (χ3v) is 1.83. The van der Waals surface area contributed by atoms with Crippen LogP contribution in [0.2, 0.25) is 0 Å². The third-order valence-electron chi connectivity index (χ3n) is 1.83. The van der Waals surface area contributed by atoms with Crippen LogP contribution in [0.15, 0.2) is 24.5 Å². The van der Waals surface area contributed by atoms with Crippen LogP contribution in [0.25, 0.3) is 0 Å². The Labute approximate surface area is 83.1 Å². The van der Waals surface area contributed by atoms with Gasteiger partial charge in [-0.25, -0.2) is 0 Å². The van der Waals surface area contributed by atoms with Gasteiger partial charge in [0.1, 0.15) is 6.61 Å². The summed E-state index contributed by atoms with van der Waals surface area (Å²) in [6.07, 6.45) is 3.72. The second-order valence-electron chi connectivity index (χ2n) is 2.93. The molecule has 0 aliphatic heterocycles. The lowest BCUT2D eigenvalue weighted by Gasteiger charge is -2.11. The highest BCUT2D eigenvalue weighted by molar-refractivity contribution is 5.68. The molecule has 0 aliphatic rings.